The molecule has 7 heteroatoms. The third-order valence-corrected chi connectivity index (χ3v) is 5.25. The summed E-state index contributed by atoms with van der Waals surface area (Å²) in [7, 11) is 0. The molecule has 1 atom stereocenters. The van der Waals surface area contributed by atoms with Gasteiger partial charge in [-0.3, -0.25) is 9.79 Å². The maximum Gasteiger partial charge on any atom is 0.251 e. The van der Waals surface area contributed by atoms with E-state index >= 15 is 0 Å². The summed E-state index contributed by atoms with van der Waals surface area (Å²) < 4.78 is 5.12. The van der Waals surface area contributed by atoms with Crippen LogP contribution < -0.4 is 10.6 Å². The number of carbonyl (C=O) groups is 1. The Hall–Kier alpha value is -3.96. The molecule has 4 N–H and O–H groups in total. The fraction of sp³-hybridized carbons (Fsp3) is 0.421. The molecule has 0 aliphatic heterocycles. The van der Waals surface area contributed by atoms with Crippen LogP contribution in [0.4, 0.5) is 0 Å². The van der Waals surface area contributed by atoms with Gasteiger partial charge in [-0.05, 0) is 50.0 Å². The van der Waals surface area contributed by atoms with Crippen LogP contribution in [0.1, 0.15) is 72.3 Å². The molecule has 7 nitrogen and oxygen atoms in total. The predicted molar refractivity (Wildman–Crippen MR) is 194 cm³/mol. The Balaban J connectivity index is -0.000000805. The molecule has 0 aliphatic carbocycles. The standard InChI is InChI=1S/C23H31N3O.C8H16O3.C5H6.C2H6/c1-5-20(16-11-13-19(4)21-14-9-8-10-15-21)23(27)26-18-12-17-22(24-6-2)25-7-3;1-2-3-6-11-7-4-5-8(9)10;1-3-5-4-2;1-2/h5,8-17,19H,1,6-7,18H2,2-4H3,(H,24,25)(H,26,27);4-5,8-10H,2-3,6-7H2,1H3;1,4H,2,5H2;1-2H3/b13-11+,17-12-,20-16+;5-4+;;. The largest absolute Gasteiger partial charge is 0.377 e. The van der Waals surface area contributed by atoms with Crippen molar-refractivity contribution in [3.8, 4) is 12.3 Å². The molecular formula is C38H59N3O4. The molecule has 0 saturated carbocycles. The molecule has 1 aromatic rings. The number of unbranched alkanes of at least 4 members (excludes halogenated alkanes) is 1. The molecule has 0 radical (unpaired) electrons. The van der Waals surface area contributed by atoms with Gasteiger partial charge < -0.3 is 25.6 Å². The summed E-state index contributed by atoms with van der Waals surface area (Å²) in [5, 5.41) is 22.8. The molecule has 250 valence electrons. The summed E-state index contributed by atoms with van der Waals surface area (Å²) in [6.45, 7) is 22.5. The summed E-state index contributed by atoms with van der Waals surface area (Å²) >= 11 is 0. The number of likely N-dealkylation sites (N-methyl/N-ethyl adjacent to an activating group) is 1. The van der Waals surface area contributed by atoms with Gasteiger partial charge in [0.05, 0.1) is 6.61 Å². The Morgan fingerprint density at radius 1 is 1.09 bits per heavy atom. The monoisotopic (exact) mass is 621 g/mol. The smallest absolute Gasteiger partial charge is 0.251 e. The quantitative estimate of drug-likeness (QED) is 0.0218. The first-order valence-corrected chi connectivity index (χ1v) is 15.7. The number of nitrogens with one attached hydrogen (secondary N) is 2. The Kier molecular flexibility index (Phi) is 36.6. The molecule has 0 fully saturated rings. The van der Waals surface area contributed by atoms with E-state index in [0.717, 1.165) is 38.4 Å². The third kappa shape index (κ3) is 31.3. The number of carbonyl (C=O) groups excluding carboxylic acids is 1. The van der Waals surface area contributed by atoms with Crippen LogP contribution in [0.25, 0.3) is 0 Å². The van der Waals surface area contributed by atoms with Crippen LogP contribution in [-0.2, 0) is 9.53 Å². The predicted octanol–water partition coefficient (Wildman–Crippen LogP) is 7.05. The van der Waals surface area contributed by atoms with Crippen LogP contribution in [0, 0.1) is 12.3 Å². The molecule has 1 amide bonds. The zero-order valence-electron chi connectivity index (χ0n) is 28.5. The first-order valence-electron chi connectivity index (χ1n) is 15.7. The van der Waals surface area contributed by atoms with Gasteiger partial charge in [-0.2, -0.15) is 0 Å². The Labute approximate surface area is 274 Å². The molecule has 0 aromatic heterocycles. The van der Waals surface area contributed by atoms with Gasteiger partial charge in [0.2, 0.25) is 0 Å². The Bertz CT molecular complexity index is 1050. The summed E-state index contributed by atoms with van der Waals surface area (Å²) in [6, 6.07) is 10.2. The SMILES string of the molecule is C#CCC=C.C=C/C(=C\C=C\C(C)c1ccccc1)C(=O)NC/C=C\C(=NCC)NCC.CC.CCCCOC/C=C/C(O)O. The van der Waals surface area contributed by atoms with Crippen molar-refractivity contribution in [1.29, 1.82) is 0 Å². The minimum atomic E-state index is -1.36. The number of rotatable bonds is 17. The number of benzene rings is 1. The van der Waals surface area contributed by atoms with E-state index in [1.54, 1.807) is 24.3 Å². The maximum absolute atomic E-state index is 12.3. The summed E-state index contributed by atoms with van der Waals surface area (Å²) in [5.41, 5.74) is 1.77. The van der Waals surface area contributed by atoms with Crippen molar-refractivity contribution >= 4 is 11.7 Å². The van der Waals surface area contributed by atoms with Gasteiger partial charge >= 0.3 is 0 Å². The van der Waals surface area contributed by atoms with Crippen LogP contribution >= 0.6 is 0 Å². The minimum absolute atomic E-state index is 0.149. The van der Waals surface area contributed by atoms with Gasteiger partial charge in [0.25, 0.3) is 5.91 Å². The molecule has 0 heterocycles. The number of allylic oxidation sites excluding steroid dienone is 4. The number of nitrogens with zero attached hydrogens (tertiary/aromatic N) is 1. The second kappa shape index (κ2) is 36.2. The van der Waals surface area contributed by atoms with E-state index in [9.17, 15) is 4.79 Å². The van der Waals surface area contributed by atoms with E-state index < -0.39 is 6.29 Å². The maximum atomic E-state index is 12.3. The van der Waals surface area contributed by atoms with Gasteiger partial charge in [0, 0.05) is 38.2 Å². The van der Waals surface area contributed by atoms with Crippen LogP contribution in [0.5, 0.6) is 0 Å². The first kappa shape index (κ1) is 45.5. The average molecular weight is 622 g/mol. The molecule has 1 aromatic carbocycles. The number of aliphatic hydroxyl groups excluding tert-OH is 1. The summed E-state index contributed by atoms with van der Waals surface area (Å²) in [6.07, 6.45) is 22.0. The molecule has 45 heavy (non-hydrogen) atoms. The fourth-order valence-corrected chi connectivity index (χ4v) is 3.03. The molecule has 1 unspecified atom stereocenters. The number of ether oxygens (including phenoxy) is 1. The van der Waals surface area contributed by atoms with Gasteiger partial charge in [-0.15, -0.1) is 18.9 Å². The number of terminal acetylenes is 1. The lowest BCUT2D eigenvalue weighted by Gasteiger charge is -2.06. The zero-order valence-corrected chi connectivity index (χ0v) is 28.5. The van der Waals surface area contributed by atoms with Gasteiger partial charge in [0.1, 0.15) is 5.84 Å². The first-order chi connectivity index (χ1) is 21.8. The number of hydrogen-bond donors (Lipinski definition) is 4. The van der Waals surface area contributed by atoms with Gasteiger partial charge in [-0.25, -0.2) is 0 Å². The second-order valence-electron chi connectivity index (χ2n) is 8.88. The molecule has 0 saturated heterocycles. The number of amidine groups is 1. The highest BCUT2D eigenvalue weighted by atomic mass is 16.5. The molecule has 0 aliphatic rings. The van der Waals surface area contributed by atoms with Crippen molar-refractivity contribution in [2.24, 2.45) is 4.99 Å². The van der Waals surface area contributed by atoms with Crippen molar-refractivity contribution in [2.45, 2.75) is 73.0 Å². The number of amides is 1. The van der Waals surface area contributed by atoms with Crippen LogP contribution in [-0.4, -0.2) is 61.1 Å². The average Bonchev–Trinajstić information content (AvgIpc) is 3.05. The van der Waals surface area contributed by atoms with E-state index in [4.69, 9.17) is 21.4 Å². The van der Waals surface area contributed by atoms with Crippen LogP contribution in [0.3, 0.4) is 0 Å². The van der Waals surface area contributed by atoms with Crippen molar-refractivity contribution in [1.82, 2.24) is 10.6 Å². The lowest BCUT2D eigenvalue weighted by molar-refractivity contribution is -0.117. The number of aliphatic imine (C=N–C) groups is 1. The zero-order chi connectivity index (χ0) is 34.6. The number of hydrogen-bond acceptors (Lipinski definition) is 5. The van der Waals surface area contributed by atoms with Crippen LogP contribution in [0.15, 0.2) is 109 Å². The fourth-order valence-electron chi connectivity index (χ4n) is 3.03. The van der Waals surface area contributed by atoms with Crippen molar-refractivity contribution in [3.63, 3.8) is 0 Å². The van der Waals surface area contributed by atoms with Crippen molar-refractivity contribution in [2.75, 3.05) is 32.8 Å². The Morgan fingerprint density at radius 2 is 1.78 bits per heavy atom. The molecule has 0 spiro atoms. The highest BCUT2D eigenvalue weighted by Gasteiger charge is 2.03. The van der Waals surface area contributed by atoms with E-state index in [1.165, 1.54) is 11.6 Å². The topological polar surface area (TPSA) is 103 Å². The number of aliphatic hydroxyl groups is 2. The highest BCUT2D eigenvalue weighted by molar-refractivity contribution is 5.96. The van der Waals surface area contributed by atoms with Crippen LogP contribution in [0.2, 0.25) is 0 Å². The van der Waals surface area contributed by atoms with E-state index in [2.05, 4.69) is 66.8 Å². The summed E-state index contributed by atoms with van der Waals surface area (Å²) in [4.78, 5) is 16.6. The van der Waals surface area contributed by atoms with Crippen molar-refractivity contribution in [3.05, 3.63) is 109 Å². The summed E-state index contributed by atoms with van der Waals surface area (Å²) in [5.74, 6) is 3.36. The molecule has 0 bridgehead atoms. The lowest BCUT2D eigenvalue weighted by atomic mass is 10.0. The second-order valence-corrected chi connectivity index (χ2v) is 8.88. The van der Waals surface area contributed by atoms with Crippen molar-refractivity contribution < 1.29 is 19.7 Å². The van der Waals surface area contributed by atoms with E-state index in [1.807, 2.05) is 64.1 Å². The third-order valence-electron chi connectivity index (χ3n) is 5.25. The highest BCUT2D eigenvalue weighted by Crippen LogP contribution is 2.15. The minimum Gasteiger partial charge on any atom is -0.377 e. The van der Waals surface area contributed by atoms with Gasteiger partial charge in [-0.1, -0.05) is 107 Å². The van der Waals surface area contributed by atoms with Gasteiger partial charge in [0.15, 0.2) is 6.29 Å². The van der Waals surface area contributed by atoms with E-state index in [-0.39, 0.29) is 11.8 Å². The molecular weight excluding hydrogens is 562 g/mol. The van der Waals surface area contributed by atoms with E-state index in [0.29, 0.717) is 25.1 Å². The normalized spacial score (nSPS) is 11.8. The molecule has 1 rings (SSSR count). The Morgan fingerprint density at radius 3 is 2.29 bits per heavy atom. The lowest BCUT2D eigenvalue weighted by Crippen LogP contribution is -2.25.